The van der Waals surface area contributed by atoms with E-state index >= 15 is 0 Å². The summed E-state index contributed by atoms with van der Waals surface area (Å²) in [5, 5.41) is 3.16. The molecule has 0 aromatic rings. The first-order chi connectivity index (χ1) is 35.4. The second kappa shape index (κ2) is 41.9. The van der Waals surface area contributed by atoms with Crippen LogP contribution in [0.5, 0.6) is 0 Å². The lowest BCUT2D eigenvalue weighted by atomic mass is 9.92. The van der Waals surface area contributed by atoms with Crippen LogP contribution in [-0.4, -0.2) is 215 Å². The summed E-state index contributed by atoms with van der Waals surface area (Å²) < 4.78 is 61.1. The van der Waals surface area contributed by atoms with E-state index in [1.807, 2.05) is 0 Å². The number of nitrogens with zero attached hydrogens (tertiary/aromatic N) is 2. The van der Waals surface area contributed by atoms with Gasteiger partial charge in [-0.25, -0.2) is 28.8 Å². The molecule has 0 radical (unpaired) electrons. The maximum atomic E-state index is 12.5. The Hall–Kier alpha value is -6.57. The van der Waals surface area contributed by atoms with Crippen LogP contribution in [0.1, 0.15) is 26.7 Å². The Kier molecular flexibility index (Phi) is 38.1. The predicted molar refractivity (Wildman–Crippen MR) is 263 cm³/mol. The molecule has 0 aromatic heterocycles. The summed E-state index contributed by atoms with van der Waals surface area (Å²) in [7, 11) is 0. The second-order valence-corrected chi connectivity index (χ2v) is 15.9. The molecule has 0 saturated carbocycles. The second-order valence-electron chi connectivity index (χ2n) is 15.9. The summed E-state index contributed by atoms with van der Waals surface area (Å²) >= 11 is 0. The van der Waals surface area contributed by atoms with E-state index in [1.165, 1.54) is 6.92 Å². The molecule has 0 aliphatic carbocycles. The highest BCUT2D eigenvalue weighted by molar-refractivity contribution is 5.83. The Morgan fingerprint density at radius 3 is 0.878 bits per heavy atom. The first-order valence-corrected chi connectivity index (χ1v) is 23.5. The zero-order valence-corrected chi connectivity index (χ0v) is 42.9. The normalized spacial score (nSPS) is 14.4. The quantitative estimate of drug-likeness (QED) is 0.0622. The van der Waals surface area contributed by atoms with Crippen molar-refractivity contribution < 1.29 is 100.0 Å². The highest BCUT2D eigenvalue weighted by Gasteiger charge is 2.39. The minimum Gasteiger partial charge on any atom is -0.466 e. The lowest BCUT2D eigenvalue weighted by molar-refractivity contribution is -0.169. The molecule has 24 heteroatoms. The van der Waals surface area contributed by atoms with Gasteiger partial charge in [-0.05, 0) is 6.92 Å². The maximum absolute atomic E-state index is 12.5. The molecular weight excluding hydrogens is 979 g/mol. The highest BCUT2D eigenvalue weighted by atomic mass is 16.6. The average Bonchev–Trinajstić information content (AvgIpc) is 3.43. The van der Waals surface area contributed by atoms with Gasteiger partial charge in [-0.15, -0.1) is 0 Å². The van der Waals surface area contributed by atoms with Gasteiger partial charge in [0.1, 0.15) is 63.7 Å². The van der Waals surface area contributed by atoms with Gasteiger partial charge in [0.2, 0.25) is 0 Å². The van der Waals surface area contributed by atoms with Gasteiger partial charge in [0.15, 0.2) is 0 Å². The largest absolute Gasteiger partial charge is 0.466 e. The number of esters is 9. The molecule has 416 valence electrons. The van der Waals surface area contributed by atoms with Crippen molar-refractivity contribution in [3.8, 4) is 0 Å². The Balaban J connectivity index is 0.00000123. The Bertz CT molecular complexity index is 1630. The third-order valence-corrected chi connectivity index (χ3v) is 9.87. The molecule has 3 aliphatic rings. The zero-order valence-electron chi connectivity index (χ0n) is 42.9. The SMILES string of the molecule is C1COCCN1.C=CC(=O)OCC(COC(=O)C=C)(COC(=O)C=C)COC(=O)C=C.C=CC(=O)OCC(COC(=O)C=C)(COC(=O)CCN1CCOCC1)COC(=O)CCN1CCOCC1.CCOC(C)=O. The van der Waals surface area contributed by atoms with Crippen molar-refractivity contribution in [1.29, 1.82) is 0 Å². The topological polar surface area (TPSA) is 283 Å². The molecule has 3 heterocycles. The van der Waals surface area contributed by atoms with Crippen LogP contribution in [0, 0.1) is 10.8 Å². The summed E-state index contributed by atoms with van der Waals surface area (Å²) in [6, 6.07) is 0. The lowest BCUT2D eigenvalue weighted by Gasteiger charge is -2.32. The molecule has 3 aliphatic heterocycles. The molecule has 0 spiro atoms. The van der Waals surface area contributed by atoms with Crippen molar-refractivity contribution in [2.45, 2.75) is 26.7 Å². The number of nitrogens with one attached hydrogen (secondary N) is 1. The summed E-state index contributed by atoms with van der Waals surface area (Å²) in [5.41, 5.74) is -2.66. The third kappa shape index (κ3) is 34.7. The standard InChI is InChI=1S/C25H38N2O10.C17H20O8.C4H9NO.C4H8O2/c1-3-21(28)34-17-25(18-35-22(29)4-2,19-36-23(30)5-7-26-9-13-32-14-10-26)20-37-24(31)6-8-27-11-15-33-16-12-27;1-5-13(18)22-9-17(10-23-14(19)6-2,11-24-15(20)7-3)12-25-16(21)8-4;1-3-6-4-2-5-1;1-3-6-4(2)5/h3-4H,1-2,5-20H2;5-8H,1-4,9-12H2;5H,1-4H2;3H2,1-2H3. The Morgan fingerprint density at radius 2 is 0.689 bits per heavy atom. The van der Waals surface area contributed by atoms with Gasteiger partial charge < -0.3 is 62.2 Å². The van der Waals surface area contributed by atoms with E-state index in [1.54, 1.807) is 6.92 Å². The van der Waals surface area contributed by atoms with Crippen LogP contribution in [0.15, 0.2) is 75.9 Å². The monoisotopic (exact) mass is 1050 g/mol. The van der Waals surface area contributed by atoms with E-state index in [0.29, 0.717) is 46.1 Å². The number of carbonyl (C=O) groups is 9. The van der Waals surface area contributed by atoms with E-state index in [2.05, 4.69) is 59.3 Å². The van der Waals surface area contributed by atoms with E-state index < -0.39 is 58.6 Å². The van der Waals surface area contributed by atoms with Gasteiger partial charge in [0.05, 0.1) is 59.1 Å². The van der Waals surface area contributed by atoms with Crippen LogP contribution in [0.4, 0.5) is 0 Å². The van der Waals surface area contributed by atoms with Crippen LogP contribution < -0.4 is 5.32 Å². The van der Waals surface area contributed by atoms with Crippen molar-refractivity contribution in [2.75, 3.05) is 151 Å². The predicted octanol–water partition coefficient (Wildman–Crippen LogP) is 1.03. The molecule has 24 nitrogen and oxygen atoms in total. The first kappa shape index (κ1) is 67.4. The Labute approximate surface area is 432 Å². The van der Waals surface area contributed by atoms with Gasteiger partial charge in [0, 0.05) is 95.7 Å². The number of rotatable bonds is 29. The molecule has 0 unspecified atom stereocenters. The summed E-state index contributed by atoms with van der Waals surface area (Å²) in [6.45, 7) is 30.8. The molecule has 3 fully saturated rings. The van der Waals surface area contributed by atoms with Crippen LogP contribution in [-0.2, 0) is 100.0 Å². The number of hydrogen-bond acceptors (Lipinski definition) is 24. The summed E-state index contributed by atoms with van der Waals surface area (Å²) in [6.07, 6.45) is 5.91. The molecule has 0 aromatic carbocycles. The fraction of sp³-hybridized carbons (Fsp3) is 0.580. The third-order valence-electron chi connectivity index (χ3n) is 9.87. The summed E-state index contributed by atoms with van der Waals surface area (Å²) in [5.74, 6) is -5.67. The number of morpholine rings is 3. The highest BCUT2D eigenvalue weighted by Crippen LogP contribution is 2.23. The summed E-state index contributed by atoms with van der Waals surface area (Å²) in [4.78, 5) is 108. The first-order valence-electron chi connectivity index (χ1n) is 23.5. The van der Waals surface area contributed by atoms with E-state index in [4.69, 9.17) is 52.1 Å². The average molecular weight is 1050 g/mol. The van der Waals surface area contributed by atoms with Gasteiger partial charge >= 0.3 is 53.7 Å². The van der Waals surface area contributed by atoms with Crippen molar-refractivity contribution >= 4 is 53.7 Å². The molecule has 1 N–H and O–H groups in total. The van der Waals surface area contributed by atoms with Crippen molar-refractivity contribution in [3.63, 3.8) is 0 Å². The minimum atomic E-state index is -1.34. The van der Waals surface area contributed by atoms with E-state index in [9.17, 15) is 43.2 Å². The molecule has 0 bridgehead atoms. The van der Waals surface area contributed by atoms with Crippen molar-refractivity contribution in [1.82, 2.24) is 15.1 Å². The fourth-order valence-electron chi connectivity index (χ4n) is 5.68. The van der Waals surface area contributed by atoms with Crippen molar-refractivity contribution in [2.24, 2.45) is 10.8 Å². The van der Waals surface area contributed by atoms with Crippen LogP contribution >= 0.6 is 0 Å². The number of hydrogen-bond donors (Lipinski definition) is 1. The van der Waals surface area contributed by atoms with Gasteiger partial charge in [-0.2, -0.15) is 0 Å². The van der Waals surface area contributed by atoms with Gasteiger partial charge in [-0.3, -0.25) is 24.2 Å². The lowest BCUT2D eigenvalue weighted by Crippen LogP contribution is -2.44. The van der Waals surface area contributed by atoms with Crippen LogP contribution in [0.3, 0.4) is 0 Å². The molecule has 0 atom stereocenters. The van der Waals surface area contributed by atoms with Crippen LogP contribution in [0.2, 0.25) is 0 Å². The van der Waals surface area contributed by atoms with Gasteiger partial charge in [0.25, 0.3) is 0 Å². The molecule has 74 heavy (non-hydrogen) atoms. The molecule has 3 saturated heterocycles. The molecule has 3 rings (SSSR count). The molecule has 0 amide bonds. The van der Waals surface area contributed by atoms with Crippen LogP contribution in [0.25, 0.3) is 0 Å². The fourth-order valence-corrected chi connectivity index (χ4v) is 5.68. The number of ether oxygens (including phenoxy) is 12. The van der Waals surface area contributed by atoms with E-state index in [0.717, 1.165) is 88.9 Å². The maximum Gasteiger partial charge on any atom is 0.330 e. The Morgan fingerprint density at radius 1 is 0.432 bits per heavy atom. The van der Waals surface area contributed by atoms with E-state index in [-0.39, 0.29) is 71.7 Å². The molecular formula is C50H75N3O21. The van der Waals surface area contributed by atoms with Gasteiger partial charge in [-0.1, -0.05) is 39.5 Å². The zero-order chi connectivity index (χ0) is 55.5. The number of carbonyl (C=O) groups excluding carboxylic acids is 9. The van der Waals surface area contributed by atoms with Crippen molar-refractivity contribution in [3.05, 3.63) is 75.9 Å². The smallest absolute Gasteiger partial charge is 0.330 e. The minimum absolute atomic E-state index is 0.133.